The molecule has 0 unspecified atom stereocenters. The smallest absolute Gasteiger partial charge is 0.0146 e. The molecule has 8 rings (SSSR count). The van der Waals surface area contributed by atoms with Gasteiger partial charge in [0.05, 0.1) is 0 Å². The third-order valence-corrected chi connectivity index (χ3v) is 9.66. The summed E-state index contributed by atoms with van der Waals surface area (Å²) in [5.74, 6) is 0. The van der Waals surface area contributed by atoms with E-state index in [0.29, 0.717) is 0 Å². The van der Waals surface area contributed by atoms with Crippen molar-refractivity contribution in [1.82, 2.24) is 0 Å². The van der Waals surface area contributed by atoms with Crippen LogP contribution in [0, 0.1) is 0 Å². The zero-order valence-electron chi connectivity index (χ0n) is 26.8. The lowest BCUT2D eigenvalue weighted by Crippen LogP contribution is -2.18. The molecule has 0 saturated heterocycles. The molecule has 8 aromatic rings. The van der Waals surface area contributed by atoms with Crippen LogP contribution in [0.25, 0.3) is 67.4 Å². The van der Waals surface area contributed by atoms with Crippen molar-refractivity contribution < 1.29 is 0 Å². The number of rotatable bonds is 6. The van der Waals surface area contributed by atoms with Gasteiger partial charge in [0.25, 0.3) is 0 Å². The predicted molar refractivity (Wildman–Crippen MR) is 206 cm³/mol. The maximum atomic E-state index is 2.31. The van der Waals surface area contributed by atoms with Crippen LogP contribution in [0.1, 0.15) is 47.2 Å². The van der Waals surface area contributed by atoms with Crippen LogP contribution >= 0.6 is 0 Å². The quantitative estimate of drug-likeness (QED) is 0.132. The van der Waals surface area contributed by atoms with E-state index in [1.54, 1.807) is 0 Å². The molecule has 0 bridgehead atoms. The molecule has 0 aliphatic heterocycles. The Balaban J connectivity index is 0.959. The van der Waals surface area contributed by atoms with Crippen LogP contribution in [0.3, 0.4) is 0 Å². The molecule has 0 amide bonds. The van der Waals surface area contributed by atoms with Gasteiger partial charge in [-0.1, -0.05) is 159 Å². The number of fused-ring (bicyclic) bond motifs is 4. The topological polar surface area (TPSA) is 0 Å². The van der Waals surface area contributed by atoms with E-state index < -0.39 is 0 Å². The van der Waals surface area contributed by atoms with Gasteiger partial charge >= 0.3 is 0 Å². The van der Waals surface area contributed by atoms with Gasteiger partial charge in [-0.3, -0.25) is 0 Å². The summed E-state index contributed by atoms with van der Waals surface area (Å²) in [5, 5.41) is 10.2. The fourth-order valence-electron chi connectivity index (χ4n) is 6.70. The Morgan fingerprint density at radius 1 is 0.298 bits per heavy atom. The molecule has 47 heavy (non-hydrogen) atoms. The van der Waals surface area contributed by atoms with Gasteiger partial charge in [0.1, 0.15) is 0 Å². The Morgan fingerprint density at radius 3 is 0.979 bits per heavy atom. The Labute approximate surface area is 277 Å². The second-order valence-corrected chi connectivity index (χ2v) is 13.1. The van der Waals surface area contributed by atoms with Crippen molar-refractivity contribution >= 4 is 67.4 Å². The zero-order chi connectivity index (χ0) is 31.8. The zero-order valence-corrected chi connectivity index (χ0v) is 26.8. The second kappa shape index (κ2) is 11.9. The minimum absolute atomic E-state index is 0.104. The summed E-state index contributed by atoms with van der Waals surface area (Å²) >= 11 is 0. The lowest BCUT2D eigenvalue weighted by atomic mass is 9.78. The molecule has 0 spiro atoms. The first kappa shape index (κ1) is 28.7. The highest BCUT2D eigenvalue weighted by Crippen LogP contribution is 2.33. The summed E-state index contributed by atoms with van der Waals surface area (Å²) in [6, 6.07) is 57.6. The highest BCUT2D eigenvalue weighted by atomic mass is 14.3. The second-order valence-electron chi connectivity index (χ2n) is 13.1. The Bertz CT molecular complexity index is 2280. The van der Waals surface area contributed by atoms with Crippen molar-refractivity contribution in [3.63, 3.8) is 0 Å². The van der Waals surface area contributed by atoms with E-state index in [1.807, 2.05) is 0 Å². The van der Waals surface area contributed by atoms with E-state index in [0.717, 1.165) is 0 Å². The van der Waals surface area contributed by atoms with Crippen LogP contribution in [0.2, 0.25) is 0 Å². The average Bonchev–Trinajstić information content (AvgIpc) is 3.11. The van der Waals surface area contributed by atoms with Crippen LogP contribution in [-0.2, 0) is 5.41 Å². The van der Waals surface area contributed by atoms with Crippen molar-refractivity contribution in [3.8, 4) is 0 Å². The van der Waals surface area contributed by atoms with Crippen LogP contribution in [0.4, 0.5) is 0 Å². The highest BCUT2D eigenvalue weighted by molar-refractivity contribution is 6.00. The van der Waals surface area contributed by atoms with Crippen LogP contribution in [-0.4, -0.2) is 0 Å². The average molecular weight is 601 g/mol. The van der Waals surface area contributed by atoms with Crippen molar-refractivity contribution in [2.45, 2.75) is 19.3 Å². The summed E-state index contributed by atoms with van der Waals surface area (Å²) < 4.78 is 0. The van der Waals surface area contributed by atoms with E-state index in [-0.39, 0.29) is 5.41 Å². The van der Waals surface area contributed by atoms with Gasteiger partial charge in [0.2, 0.25) is 0 Å². The third-order valence-electron chi connectivity index (χ3n) is 9.66. The molecule has 0 saturated carbocycles. The molecule has 0 aliphatic rings. The molecule has 0 fully saturated rings. The minimum atomic E-state index is -0.104. The van der Waals surface area contributed by atoms with Gasteiger partial charge in [0.15, 0.2) is 0 Å². The lowest BCUT2D eigenvalue weighted by Gasteiger charge is -2.26. The van der Waals surface area contributed by atoms with Crippen LogP contribution in [0.15, 0.2) is 158 Å². The van der Waals surface area contributed by atoms with Gasteiger partial charge in [-0.15, -0.1) is 0 Å². The van der Waals surface area contributed by atoms with E-state index in [1.165, 1.54) is 76.5 Å². The molecule has 0 nitrogen and oxygen atoms in total. The minimum Gasteiger partial charge on any atom is -0.0616 e. The fraction of sp³-hybridized carbons (Fsp3) is 0.0638. The van der Waals surface area contributed by atoms with Crippen LogP contribution in [0.5, 0.6) is 0 Å². The maximum absolute atomic E-state index is 2.31. The van der Waals surface area contributed by atoms with Gasteiger partial charge in [-0.2, -0.15) is 0 Å². The van der Waals surface area contributed by atoms with E-state index in [2.05, 4.69) is 196 Å². The SMILES string of the molecule is CC(C)(c1ccc(/C=C/c2ccc3cc4ccccc4cc3c2)cc1)c1ccc(/C=C/c2ccc3cc4ccccc4cc3c2)cc1. The van der Waals surface area contributed by atoms with Gasteiger partial charge < -0.3 is 0 Å². The number of benzene rings is 8. The van der Waals surface area contributed by atoms with Crippen molar-refractivity contribution in [3.05, 3.63) is 191 Å². The van der Waals surface area contributed by atoms with E-state index in [4.69, 9.17) is 0 Å². The summed E-state index contributed by atoms with van der Waals surface area (Å²) in [6.45, 7) is 4.61. The molecule has 224 valence electrons. The van der Waals surface area contributed by atoms with E-state index >= 15 is 0 Å². The summed E-state index contributed by atoms with van der Waals surface area (Å²) in [5.41, 5.74) is 7.32. The molecule has 0 atom stereocenters. The third kappa shape index (κ3) is 5.87. The molecule has 0 heterocycles. The molecule has 0 heteroatoms. The maximum Gasteiger partial charge on any atom is 0.0146 e. The Hall–Kier alpha value is -5.72. The van der Waals surface area contributed by atoms with Gasteiger partial charge in [-0.25, -0.2) is 0 Å². The molecule has 0 radical (unpaired) electrons. The predicted octanol–water partition coefficient (Wildman–Crippen LogP) is 13.0. The molecule has 8 aromatic carbocycles. The summed E-state index contributed by atoms with van der Waals surface area (Å²) in [7, 11) is 0. The Morgan fingerprint density at radius 2 is 0.596 bits per heavy atom. The van der Waals surface area contributed by atoms with Crippen molar-refractivity contribution in [1.29, 1.82) is 0 Å². The standard InChI is InChI=1S/C47H36/c1-47(2,45-23-17-33(18-24-45)11-13-35-15-21-41-29-37-7-3-5-9-39(37)31-43(41)27-35)46-25-19-34(20-26-46)12-14-36-16-22-42-30-38-8-4-6-10-40(38)32-44(42)28-36/h3-32H,1-2H3/b13-11+,14-12+. The largest absolute Gasteiger partial charge is 0.0616 e. The molecule has 0 aliphatic carbocycles. The molecule has 0 N–H and O–H groups in total. The summed E-state index contributed by atoms with van der Waals surface area (Å²) in [4.78, 5) is 0. The molecule has 0 aromatic heterocycles. The van der Waals surface area contributed by atoms with Crippen molar-refractivity contribution in [2.24, 2.45) is 0 Å². The monoisotopic (exact) mass is 600 g/mol. The number of hydrogen-bond donors (Lipinski definition) is 0. The first-order valence-corrected chi connectivity index (χ1v) is 16.4. The fourth-order valence-corrected chi connectivity index (χ4v) is 6.70. The first-order valence-electron chi connectivity index (χ1n) is 16.4. The molecular formula is C47H36. The summed E-state index contributed by atoms with van der Waals surface area (Å²) in [6.07, 6.45) is 8.83. The van der Waals surface area contributed by atoms with Gasteiger partial charge in [-0.05, 0) is 113 Å². The van der Waals surface area contributed by atoms with E-state index in [9.17, 15) is 0 Å². The number of hydrogen-bond acceptors (Lipinski definition) is 0. The van der Waals surface area contributed by atoms with Crippen LogP contribution < -0.4 is 0 Å². The Kier molecular flexibility index (Phi) is 7.27. The van der Waals surface area contributed by atoms with Crippen molar-refractivity contribution in [2.75, 3.05) is 0 Å². The highest BCUT2D eigenvalue weighted by Gasteiger charge is 2.22. The van der Waals surface area contributed by atoms with Gasteiger partial charge in [0, 0.05) is 5.41 Å². The first-order chi connectivity index (χ1) is 23.0. The molecular weight excluding hydrogens is 565 g/mol. The lowest BCUT2D eigenvalue weighted by molar-refractivity contribution is 0.641. The normalized spacial score (nSPS) is 12.3.